The minimum atomic E-state index is -0.538. The summed E-state index contributed by atoms with van der Waals surface area (Å²) in [5.74, 6) is 0.416. The molecule has 104 valence electrons. The number of nitrogens with one attached hydrogen (secondary N) is 2. The van der Waals surface area contributed by atoms with E-state index in [0.717, 1.165) is 5.82 Å². The monoisotopic (exact) mass is 338 g/mol. The number of imidazole rings is 1. The molecule has 20 heavy (non-hydrogen) atoms. The van der Waals surface area contributed by atoms with Gasteiger partial charge in [-0.15, -0.1) is 0 Å². The first kappa shape index (κ1) is 14.2. The molecular weight excluding hydrogens is 328 g/mol. The normalized spacial score (nSPS) is 10.2. The van der Waals surface area contributed by atoms with Gasteiger partial charge in [-0.05, 0) is 28.1 Å². The molecular formula is C12H11BrN4O3. The van der Waals surface area contributed by atoms with Crippen molar-refractivity contribution in [3.05, 3.63) is 56.6 Å². The van der Waals surface area contributed by atoms with E-state index in [1.54, 1.807) is 12.4 Å². The molecule has 0 bridgehead atoms. The van der Waals surface area contributed by atoms with Crippen molar-refractivity contribution in [2.45, 2.75) is 6.42 Å². The van der Waals surface area contributed by atoms with E-state index in [1.165, 1.54) is 18.2 Å². The topological polar surface area (TPSA) is 101 Å². The molecule has 0 fully saturated rings. The Morgan fingerprint density at radius 1 is 1.50 bits per heavy atom. The van der Waals surface area contributed by atoms with Crippen molar-refractivity contribution < 1.29 is 9.72 Å². The number of hydrogen-bond donors (Lipinski definition) is 2. The first-order chi connectivity index (χ1) is 9.58. The maximum atomic E-state index is 11.9. The molecule has 1 amide bonds. The van der Waals surface area contributed by atoms with E-state index in [4.69, 9.17) is 0 Å². The van der Waals surface area contributed by atoms with Gasteiger partial charge >= 0.3 is 0 Å². The quantitative estimate of drug-likeness (QED) is 0.643. The minimum Gasteiger partial charge on any atom is -0.352 e. The maximum absolute atomic E-state index is 11.9. The maximum Gasteiger partial charge on any atom is 0.284 e. The fraction of sp³-hybridized carbons (Fsp3) is 0.167. The lowest BCUT2D eigenvalue weighted by Gasteiger charge is -2.04. The third kappa shape index (κ3) is 3.41. The minimum absolute atomic E-state index is 0.135. The molecule has 0 aliphatic heterocycles. The summed E-state index contributed by atoms with van der Waals surface area (Å²) >= 11 is 3.07. The molecule has 0 unspecified atom stereocenters. The number of rotatable bonds is 5. The lowest BCUT2D eigenvalue weighted by atomic mass is 10.2. The highest BCUT2D eigenvalue weighted by Gasteiger charge is 2.15. The molecule has 0 atom stereocenters. The second-order valence-corrected chi connectivity index (χ2v) is 4.82. The molecule has 0 saturated carbocycles. The molecule has 8 heteroatoms. The van der Waals surface area contributed by atoms with Gasteiger partial charge in [-0.2, -0.15) is 0 Å². The van der Waals surface area contributed by atoms with Gasteiger partial charge in [0.05, 0.1) is 9.40 Å². The average Bonchev–Trinajstić information content (AvgIpc) is 2.92. The molecule has 0 aliphatic rings. The van der Waals surface area contributed by atoms with Crippen molar-refractivity contribution >= 4 is 27.5 Å². The van der Waals surface area contributed by atoms with E-state index in [2.05, 4.69) is 31.2 Å². The van der Waals surface area contributed by atoms with Crippen LogP contribution in [0.25, 0.3) is 0 Å². The van der Waals surface area contributed by atoms with Crippen LogP contribution in [-0.2, 0) is 6.42 Å². The zero-order valence-corrected chi connectivity index (χ0v) is 11.9. The smallest absolute Gasteiger partial charge is 0.284 e. The molecule has 0 spiro atoms. The van der Waals surface area contributed by atoms with E-state index in [-0.39, 0.29) is 17.2 Å². The Morgan fingerprint density at radius 2 is 2.30 bits per heavy atom. The second-order valence-electron chi connectivity index (χ2n) is 3.97. The standard InChI is InChI=1S/C12H11BrN4O3/c13-9-2-1-8(7-10(9)17(19)20)12(18)16-4-3-11-14-5-6-15-11/h1-2,5-7H,3-4H2,(H,14,15)(H,16,18). The van der Waals surface area contributed by atoms with Crippen molar-refractivity contribution in [2.75, 3.05) is 6.54 Å². The number of nitrogens with zero attached hydrogens (tertiary/aromatic N) is 2. The largest absolute Gasteiger partial charge is 0.352 e. The number of H-pyrrole nitrogens is 1. The molecule has 0 saturated heterocycles. The van der Waals surface area contributed by atoms with Gasteiger partial charge in [0.25, 0.3) is 11.6 Å². The number of hydrogen-bond acceptors (Lipinski definition) is 4. The van der Waals surface area contributed by atoms with E-state index in [9.17, 15) is 14.9 Å². The summed E-state index contributed by atoms with van der Waals surface area (Å²) < 4.78 is 0.342. The van der Waals surface area contributed by atoms with Gasteiger partial charge in [0.1, 0.15) is 5.82 Å². The lowest BCUT2D eigenvalue weighted by Crippen LogP contribution is -2.26. The van der Waals surface area contributed by atoms with Gasteiger partial charge in [0.2, 0.25) is 0 Å². The first-order valence-corrected chi connectivity index (χ1v) is 6.57. The molecule has 2 aromatic rings. The van der Waals surface area contributed by atoms with Gasteiger partial charge in [-0.25, -0.2) is 4.98 Å². The number of nitro benzene ring substituents is 1. The summed E-state index contributed by atoms with van der Waals surface area (Å²) in [4.78, 5) is 29.1. The van der Waals surface area contributed by atoms with Crippen LogP contribution >= 0.6 is 15.9 Å². The average molecular weight is 339 g/mol. The van der Waals surface area contributed by atoms with E-state index < -0.39 is 4.92 Å². The van der Waals surface area contributed by atoms with Crippen LogP contribution in [0.3, 0.4) is 0 Å². The second kappa shape index (κ2) is 6.29. The summed E-state index contributed by atoms with van der Waals surface area (Å²) in [7, 11) is 0. The number of halogens is 1. The molecule has 2 rings (SSSR count). The van der Waals surface area contributed by atoms with E-state index in [0.29, 0.717) is 17.4 Å². The summed E-state index contributed by atoms with van der Waals surface area (Å²) in [5.41, 5.74) is 0.114. The van der Waals surface area contributed by atoms with Gasteiger partial charge in [0, 0.05) is 37.0 Å². The Bertz CT molecular complexity index is 628. The number of carbonyl (C=O) groups is 1. The molecule has 2 N–H and O–H groups in total. The Labute approximate surface area is 122 Å². The Kier molecular flexibility index (Phi) is 4.46. The van der Waals surface area contributed by atoms with Crippen LogP contribution < -0.4 is 5.32 Å². The molecule has 1 aromatic carbocycles. The molecule has 0 radical (unpaired) electrons. The van der Waals surface area contributed by atoms with Gasteiger partial charge in [-0.3, -0.25) is 14.9 Å². The Morgan fingerprint density at radius 3 is 2.95 bits per heavy atom. The van der Waals surface area contributed by atoms with E-state index >= 15 is 0 Å². The zero-order chi connectivity index (χ0) is 14.5. The number of amides is 1. The van der Waals surface area contributed by atoms with Crippen LogP contribution in [0.5, 0.6) is 0 Å². The van der Waals surface area contributed by atoms with Crippen LogP contribution in [0, 0.1) is 10.1 Å². The molecule has 1 heterocycles. The predicted molar refractivity (Wildman–Crippen MR) is 75.4 cm³/mol. The SMILES string of the molecule is O=C(NCCc1ncc[nH]1)c1ccc(Br)c([N+](=O)[O-])c1. The van der Waals surface area contributed by atoms with Gasteiger partial charge in [0.15, 0.2) is 0 Å². The number of aromatic nitrogens is 2. The Balaban J connectivity index is 1.98. The summed E-state index contributed by atoms with van der Waals surface area (Å²) in [5, 5.41) is 13.5. The fourth-order valence-corrected chi connectivity index (χ4v) is 2.02. The van der Waals surface area contributed by atoms with Crippen LogP contribution in [-0.4, -0.2) is 27.3 Å². The van der Waals surface area contributed by atoms with Crippen molar-refractivity contribution in [3.8, 4) is 0 Å². The summed E-state index contributed by atoms with van der Waals surface area (Å²) in [6.45, 7) is 0.399. The summed E-state index contributed by atoms with van der Waals surface area (Å²) in [6, 6.07) is 4.26. The van der Waals surface area contributed by atoms with Crippen LogP contribution in [0.2, 0.25) is 0 Å². The fourth-order valence-electron chi connectivity index (χ4n) is 1.63. The lowest BCUT2D eigenvalue weighted by molar-refractivity contribution is -0.385. The number of aromatic amines is 1. The molecule has 1 aromatic heterocycles. The third-order valence-corrected chi connectivity index (χ3v) is 3.28. The van der Waals surface area contributed by atoms with Gasteiger partial charge in [-0.1, -0.05) is 0 Å². The van der Waals surface area contributed by atoms with Crippen LogP contribution in [0.4, 0.5) is 5.69 Å². The highest BCUT2D eigenvalue weighted by Crippen LogP contribution is 2.25. The summed E-state index contributed by atoms with van der Waals surface area (Å²) in [6.07, 6.45) is 3.90. The third-order valence-electron chi connectivity index (χ3n) is 2.61. The highest BCUT2D eigenvalue weighted by atomic mass is 79.9. The Hall–Kier alpha value is -2.22. The van der Waals surface area contributed by atoms with E-state index in [1.807, 2.05) is 0 Å². The molecule has 7 nitrogen and oxygen atoms in total. The van der Waals surface area contributed by atoms with Crippen LogP contribution in [0.15, 0.2) is 35.1 Å². The highest BCUT2D eigenvalue weighted by molar-refractivity contribution is 9.10. The predicted octanol–water partition coefficient (Wildman–Crippen LogP) is 2.05. The van der Waals surface area contributed by atoms with Crippen molar-refractivity contribution in [3.63, 3.8) is 0 Å². The van der Waals surface area contributed by atoms with Crippen molar-refractivity contribution in [2.24, 2.45) is 0 Å². The van der Waals surface area contributed by atoms with Crippen molar-refractivity contribution in [1.29, 1.82) is 0 Å². The van der Waals surface area contributed by atoms with Crippen LogP contribution in [0.1, 0.15) is 16.2 Å². The number of benzene rings is 1. The van der Waals surface area contributed by atoms with Crippen molar-refractivity contribution in [1.82, 2.24) is 15.3 Å². The first-order valence-electron chi connectivity index (χ1n) is 5.78. The number of carbonyl (C=O) groups excluding carboxylic acids is 1. The van der Waals surface area contributed by atoms with Gasteiger partial charge < -0.3 is 10.3 Å². The molecule has 0 aliphatic carbocycles. The number of nitro groups is 1. The zero-order valence-electron chi connectivity index (χ0n) is 10.3.